The van der Waals surface area contributed by atoms with Crippen LogP contribution in [0.5, 0.6) is 17.2 Å². The first-order valence-electron chi connectivity index (χ1n) is 15.6. The zero-order valence-electron chi connectivity index (χ0n) is 28.0. The molecule has 0 aliphatic rings. The van der Waals surface area contributed by atoms with E-state index < -0.39 is 28.5 Å². The third-order valence-electron chi connectivity index (χ3n) is 7.71. The Bertz CT molecular complexity index is 1770. The van der Waals surface area contributed by atoms with Crippen molar-refractivity contribution < 1.29 is 32.2 Å². The minimum absolute atomic E-state index is 0.0110. The summed E-state index contributed by atoms with van der Waals surface area (Å²) in [6.07, 6.45) is 0.203. The van der Waals surface area contributed by atoms with Crippen LogP contribution in [0.1, 0.15) is 25.0 Å². The average molecular weight is 674 g/mol. The maximum atomic E-state index is 14.7. The molecule has 4 rings (SSSR count). The normalized spacial score (nSPS) is 11.8. The van der Waals surface area contributed by atoms with Crippen LogP contribution in [0.4, 0.5) is 5.69 Å². The second-order valence-corrected chi connectivity index (χ2v) is 13.4. The van der Waals surface area contributed by atoms with Gasteiger partial charge in [0, 0.05) is 25.6 Å². The van der Waals surface area contributed by atoms with E-state index in [9.17, 15) is 18.0 Å². The summed E-state index contributed by atoms with van der Waals surface area (Å²) < 4.78 is 46.1. The lowest BCUT2D eigenvalue weighted by molar-refractivity contribution is -0.140. The maximum Gasteiger partial charge on any atom is 0.264 e. The minimum atomic E-state index is -4.32. The first kappa shape index (κ1) is 35.8. The van der Waals surface area contributed by atoms with Gasteiger partial charge < -0.3 is 24.4 Å². The van der Waals surface area contributed by atoms with E-state index in [4.69, 9.17) is 14.2 Å². The number of rotatable bonds is 16. The molecule has 48 heavy (non-hydrogen) atoms. The van der Waals surface area contributed by atoms with Gasteiger partial charge in [0.05, 0.1) is 31.9 Å². The molecule has 0 aliphatic heterocycles. The Morgan fingerprint density at radius 3 is 2.00 bits per heavy atom. The van der Waals surface area contributed by atoms with Gasteiger partial charge in [0.2, 0.25) is 11.8 Å². The number of hydrogen-bond acceptors (Lipinski definition) is 7. The molecule has 0 bridgehead atoms. The Morgan fingerprint density at radius 2 is 1.38 bits per heavy atom. The summed E-state index contributed by atoms with van der Waals surface area (Å²) >= 11 is 0. The predicted molar refractivity (Wildman–Crippen MR) is 186 cm³/mol. The molecule has 1 atom stereocenters. The summed E-state index contributed by atoms with van der Waals surface area (Å²) in [5.41, 5.74) is 1.65. The monoisotopic (exact) mass is 673 g/mol. The second-order valence-electron chi connectivity index (χ2n) is 11.6. The van der Waals surface area contributed by atoms with Gasteiger partial charge in [0.15, 0.2) is 0 Å². The molecule has 0 aromatic heterocycles. The van der Waals surface area contributed by atoms with Crippen LogP contribution in [0.25, 0.3) is 0 Å². The Labute approximate surface area is 283 Å². The molecule has 0 unspecified atom stereocenters. The van der Waals surface area contributed by atoms with Crippen molar-refractivity contribution in [2.24, 2.45) is 5.92 Å². The lowest BCUT2D eigenvalue weighted by Crippen LogP contribution is -2.53. The van der Waals surface area contributed by atoms with Crippen molar-refractivity contribution in [3.05, 3.63) is 114 Å². The molecule has 4 aromatic rings. The molecule has 254 valence electrons. The second kappa shape index (κ2) is 16.7. The van der Waals surface area contributed by atoms with Gasteiger partial charge in [-0.15, -0.1) is 0 Å². The summed E-state index contributed by atoms with van der Waals surface area (Å²) in [5.74, 6) is 0.398. The third kappa shape index (κ3) is 9.07. The Morgan fingerprint density at radius 1 is 0.750 bits per heavy atom. The van der Waals surface area contributed by atoms with Gasteiger partial charge in [-0.25, -0.2) is 8.42 Å². The van der Waals surface area contributed by atoms with Gasteiger partial charge >= 0.3 is 0 Å². The molecule has 0 saturated carbocycles. The largest absolute Gasteiger partial charge is 0.497 e. The van der Waals surface area contributed by atoms with E-state index in [1.807, 2.05) is 50.2 Å². The van der Waals surface area contributed by atoms with Crippen LogP contribution >= 0.6 is 0 Å². The van der Waals surface area contributed by atoms with Crippen molar-refractivity contribution in [1.82, 2.24) is 10.2 Å². The summed E-state index contributed by atoms with van der Waals surface area (Å²) in [6.45, 7) is 3.75. The topological polar surface area (TPSA) is 114 Å². The van der Waals surface area contributed by atoms with E-state index >= 15 is 0 Å². The minimum Gasteiger partial charge on any atom is -0.497 e. The number of nitrogens with one attached hydrogen (secondary N) is 1. The number of amides is 2. The number of ether oxygens (including phenoxy) is 3. The molecular weight excluding hydrogens is 630 g/mol. The molecule has 11 heteroatoms. The number of sulfonamides is 1. The van der Waals surface area contributed by atoms with Crippen LogP contribution in [0.2, 0.25) is 0 Å². The molecule has 1 N–H and O–H groups in total. The Hall–Kier alpha value is -5.03. The highest BCUT2D eigenvalue weighted by Gasteiger charge is 2.36. The van der Waals surface area contributed by atoms with Crippen molar-refractivity contribution in [3.63, 3.8) is 0 Å². The molecule has 0 heterocycles. The van der Waals surface area contributed by atoms with E-state index in [0.29, 0.717) is 23.6 Å². The zero-order chi connectivity index (χ0) is 34.7. The number of carbonyl (C=O) groups excluding carboxylic acids is 2. The lowest BCUT2D eigenvalue weighted by atomic mass is 10.0. The fourth-order valence-corrected chi connectivity index (χ4v) is 6.61. The number of anilines is 1. The quantitative estimate of drug-likeness (QED) is 0.171. The summed E-state index contributed by atoms with van der Waals surface area (Å²) in [4.78, 5) is 30.1. The highest BCUT2D eigenvalue weighted by Crippen LogP contribution is 2.36. The van der Waals surface area contributed by atoms with Crippen molar-refractivity contribution in [2.45, 2.75) is 37.8 Å². The number of nitrogens with zero attached hydrogens (tertiary/aromatic N) is 2. The van der Waals surface area contributed by atoms with E-state index in [1.165, 1.54) is 37.3 Å². The predicted octanol–water partition coefficient (Wildman–Crippen LogP) is 5.32. The summed E-state index contributed by atoms with van der Waals surface area (Å²) in [7, 11) is 0.115. The van der Waals surface area contributed by atoms with E-state index in [2.05, 4.69) is 5.32 Å². The van der Waals surface area contributed by atoms with Gasteiger partial charge in [0.25, 0.3) is 10.0 Å². The summed E-state index contributed by atoms with van der Waals surface area (Å²) in [6, 6.07) is 28.2. The van der Waals surface area contributed by atoms with Crippen LogP contribution < -0.4 is 23.8 Å². The Balaban J connectivity index is 1.86. The van der Waals surface area contributed by atoms with Gasteiger partial charge in [-0.05, 0) is 53.4 Å². The average Bonchev–Trinajstić information content (AvgIpc) is 3.11. The number of benzene rings is 4. The van der Waals surface area contributed by atoms with Crippen LogP contribution in [0.15, 0.2) is 108 Å². The highest BCUT2D eigenvalue weighted by atomic mass is 32.2. The molecule has 0 spiro atoms. The number of carbonyl (C=O) groups is 2. The van der Waals surface area contributed by atoms with Crippen LogP contribution in [-0.2, 0) is 32.6 Å². The highest BCUT2D eigenvalue weighted by molar-refractivity contribution is 7.92. The van der Waals surface area contributed by atoms with Gasteiger partial charge in [-0.1, -0.05) is 74.5 Å². The first-order valence-corrected chi connectivity index (χ1v) is 17.0. The smallest absolute Gasteiger partial charge is 0.264 e. The molecule has 0 aliphatic carbocycles. The molecule has 0 radical (unpaired) electrons. The molecule has 10 nitrogen and oxygen atoms in total. The SMILES string of the molecule is COc1cccc(CN(C(=O)CN(c2cc(OC)ccc2OC)S(=O)(=O)c2ccccc2)[C@H](Cc2ccccc2)C(=O)NCC(C)C)c1. The molecule has 2 amide bonds. The standard InChI is InChI=1S/C37H43N3O7S/c1-27(2)24-38-37(42)34(22-28-13-8-6-9-14-28)39(25-29-15-12-16-30(21-29)45-3)36(41)26-40(48(43,44)32-17-10-7-11-18-32)33-23-31(46-4)19-20-35(33)47-5/h6-21,23,27,34H,22,24-26H2,1-5H3,(H,38,42)/t34-/m1/s1. The number of hydrogen-bond donors (Lipinski definition) is 1. The van der Waals surface area contributed by atoms with Crippen LogP contribution in [-0.4, -0.2) is 65.6 Å². The van der Waals surface area contributed by atoms with Crippen LogP contribution in [0.3, 0.4) is 0 Å². The van der Waals surface area contributed by atoms with Gasteiger partial charge in [0.1, 0.15) is 29.8 Å². The fourth-order valence-electron chi connectivity index (χ4n) is 5.17. The third-order valence-corrected chi connectivity index (χ3v) is 9.48. The maximum absolute atomic E-state index is 14.7. The van der Waals surface area contributed by atoms with Crippen molar-refractivity contribution in [3.8, 4) is 17.2 Å². The van der Waals surface area contributed by atoms with E-state index in [-0.39, 0.29) is 41.1 Å². The summed E-state index contributed by atoms with van der Waals surface area (Å²) in [5, 5.41) is 2.99. The number of methoxy groups -OCH3 is 3. The van der Waals surface area contributed by atoms with Crippen molar-refractivity contribution in [1.29, 1.82) is 0 Å². The first-order chi connectivity index (χ1) is 23.1. The molecule has 0 fully saturated rings. The fraction of sp³-hybridized carbons (Fsp3) is 0.297. The molecule has 4 aromatic carbocycles. The van der Waals surface area contributed by atoms with Crippen LogP contribution in [0, 0.1) is 5.92 Å². The van der Waals surface area contributed by atoms with Gasteiger partial charge in [-0.2, -0.15) is 0 Å². The van der Waals surface area contributed by atoms with Crippen molar-refractivity contribution >= 4 is 27.5 Å². The lowest BCUT2D eigenvalue weighted by Gasteiger charge is -2.34. The molecule has 0 saturated heterocycles. The van der Waals surface area contributed by atoms with Crippen molar-refractivity contribution in [2.75, 3.05) is 38.7 Å². The van der Waals surface area contributed by atoms with Gasteiger partial charge in [-0.3, -0.25) is 13.9 Å². The zero-order valence-corrected chi connectivity index (χ0v) is 28.8. The molecular formula is C37H43N3O7S. The van der Waals surface area contributed by atoms with E-state index in [1.54, 1.807) is 55.6 Å². The Kier molecular flexibility index (Phi) is 12.5. The van der Waals surface area contributed by atoms with E-state index in [0.717, 1.165) is 9.87 Å².